The molecule has 0 spiro atoms. The first kappa shape index (κ1) is 13.4. The van der Waals surface area contributed by atoms with Crippen molar-refractivity contribution >= 4 is 5.84 Å². The standard InChI is InChI=1S/C11H16N2O4/c12-11(13-17)8-3-1-7(2-4-8)10(16)9(15)5-6-14/h1-4,9-10,14-17H,5-6H2,(H2,12,13). The highest BCUT2D eigenvalue weighted by atomic mass is 16.4. The minimum Gasteiger partial charge on any atom is -0.409 e. The van der Waals surface area contributed by atoms with Gasteiger partial charge in [-0.05, 0) is 12.0 Å². The summed E-state index contributed by atoms with van der Waals surface area (Å²) < 4.78 is 0. The van der Waals surface area contributed by atoms with Gasteiger partial charge in [-0.1, -0.05) is 29.4 Å². The summed E-state index contributed by atoms with van der Waals surface area (Å²) in [7, 11) is 0. The predicted molar refractivity (Wildman–Crippen MR) is 61.6 cm³/mol. The van der Waals surface area contributed by atoms with E-state index in [1.54, 1.807) is 24.3 Å². The molecule has 6 N–H and O–H groups in total. The summed E-state index contributed by atoms with van der Waals surface area (Å²) in [5.74, 6) is -0.0260. The summed E-state index contributed by atoms with van der Waals surface area (Å²) in [6, 6.07) is 6.27. The van der Waals surface area contributed by atoms with Crippen LogP contribution in [0.4, 0.5) is 0 Å². The summed E-state index contributed by atoms with van der Waals surface area (Å²) in [5, 5.41) is 39.2. The quantitative estimate of drug-likeness (QED) is 0.207. The van der Waals surface area contributed by atoms with Gasteiger partial charge < -0.3 is 26.3 Å². The maximum Gasteiger partial charge on any atom is 0.170 e. The van der Waals surface area contributed by atoms with E-state index in [4.69, 9.17) is 16.0 Å². The van der Waals surface area contributed by atoms with E-state index in [0.29, 0.717) is 11.1 Å². The van der Waals surface area contributed by atoms with E-state index in [0.717, 1.165) is 0 Å². The van der Waals surface area contributed by atoms with E-state index in [-0.39, 0.29) is 18.9 Å². The third-order valence-electron chi connectivity index (χ3n) is 2.45. The Balaban J connectivity index is 2.80. The molecule has 0 fully saturated rings. The summed E-state index contributed by atoms with van der Waals surface area (Å²) in [5.41, 5.74) is 6.40. The van der Waals surface area contributed by atoms with Gasteiger partial charge in [0.1, 0.15) is 6.10 Å². The molecule has 0 aliphatic carbocycles. The first-order chi connectivity index (χ1) is 8.10. The number of hydrogen-bond donors (Lipinski definition) is 5. The Hall–Kier alpha value is -1.63. The number of nitrogens with two attached hydrogens (primary N) is 1. The molecule has 1 aromatic rings. The lowest BCUT2D eigenvalue weighted by atomic mass is 10.0. The molecule has 0 aliphatic rings. The Bertz CT molecular complexity index is 378. The summed E-state index contributed by atoms with van der Waals surface area (Å²) in [6.07, 6.45) is -1.98. The van der Waals surface area contributed by atoms with Crippen LogP contribution in [0.25, 0.3) is 0 Å². The molecule has 6 heteroatoms. The number of hydrogen-bond acceptors (Lipinski definition) is 5. The van der Waals surface area contributed by atoms with E-state index in [2.05, 4.69) is 5.16 Å². The normalized spacial score (nSPS) is 15.6. The number of nitrogens with zero attached hydrogens (tertiary/aromatic N) is 1. The van der Waals surface area contributed by atoms with Crippen LogP contribution in [0.2, 0.25) is 0 Å². The molecule has 2 unspecified atom stereocenters. The van der Waals surface area contributed by atoms with E-state index in [1.807, 2.05) is 0 Å². The van der Waals surface area contributed by atoms with Crippen molar-refractivity contribution in [3.05, 3.63) is 35.4 Å². The zero-order valence-electron chi connectivity index (χ0n) is 9.19. The van der Waals surface area contributed by atoms with E-state index in [1.165, 1.54) is 0 Å². The molecule has 17 heavy (non-hydrogen) atoms. The van der Waals surface area contributed by atoms with Crippen LogP contribution in [-0.2, 0) is 0 Å². The largest absolute Gasteiger partial charge is 0.409 e. The molecule has 0 saturated heterocycles. The number of benzene rings is 1. The van der Waals surface area contributed by atoms with Crippen molar-refractivity contribution in [2.75, 3.05) is 6.61 Å². The Kier molecular flexibility index (Phi) is 4.89. The first-order valence-electron chi connectivity index (χ1n) is 5.15. The molecule has 2 atom stereocenters. The minimum atomic E-state index is -1.07. The van der Waals surface area contributed by atoms with Gasteiger partial charge in [0.15, 0.2) is 5.84 Å². The molecular weight excluding hydrogens is 224 g/mol. The Morgan fingerprint density at radius 2 is 1.82 bits per heavy atom. The lowest BCUT2D eigenvalue weighted by molar-refractivity contribution is 0.00422. The number of aliphatic hydroxyl groups excluding tert-OH is 3. The monoisotopic (exact) mass is 240 g/mol. The van der Waals surface area contributed by atoms with Crippen LogP contribution in [0.1, 0.15) is 23.7 Å². The van der Waals surface area contributed by atoms with Crippen molar-refractivity contribution < 1.29 is 20.5 Å². The molecule has 0 amide bonds. The summed E-state index contributed by atoms with van der Waals surface area (Å²) in [6.45, 7) is -0.194. The van der Waals surface area contributed by atoms with E-state index >= 15 is 0 Å². The zero-order chi connectivity index (χ0) is 12.8. The molecule has 0 aromatic heterocycles. The van der Waals surface area contributed by atoms with Crippen LogP contribution in [0.3, 0.4) is 0 Å². The summed E-state index contributed by atoms with van der Waals surface area (Å²) >= 11 is 0. The molecular formula is C11H16N2O4. The summed E-state index contributed by atoms with van der Waals surface area (Å²) in [4.78, 5) is 0. The topological polar surface area (TPSA) is 119 Å². The van der Waals surface area contributed by atoms with Gasteiger partial charge >= 0.3 is 0 Å². The molecule has 94 valence electrons. The fourth-order valence-electron chi connectivity index (χ4n) is 1.42. The fourth-order valence-corrected chi connectivity index (χ4v) is 1.42. The molecule has 1 aromatic carbocycles. The number of oxime groups is 1. The molecule has 1 rings (SSSR count). The van der Waals surface area contributed by atoms with Gasteiger partial charge in [-0.15, -0.1) is 0 Å². The third kappa shape index (κ3) is 3.42. The molecule has 0 bridgehead atoms. The van der Waals surface area contributed by atoms with Crippen molar-refractivity contribution in [1.29, 1.82) is 0 Å². The second-order valence-electron chi connectivity index (χ2n) is 3.63. The Labute approximate surface area is 98.6 Å². The SMILES string of the molecule is NC(=NO)c1ccc(C(O)C(O)CCO)cc1. The first-order valence-corrected chi connectivity index (χ1v) is 5.15. The molecule has 6 nitrogen and oxygen atoms in total. The molecule has 0 radical (unpaired) electrons. The Morgan fingerprint density at radius 1 is 1.24 bits per heavy atom. The van der Waals surface area contributed by atoms with Crippen LogP contribution in [0.5, 0.6) is 0 Å². The van der Waals surface area contributed by atoms with Crippen LogP contribution >= 0.6 is 0 Å². The smallest absolute Gasteiger partial charge is 0.170 e. The van der Waals surface area contributed by atoms with Crippen molar-refractivity contribution in [3.63, 3.8) is 0 Å². The van der Waals surface area contributed by atoms with Crippen LogP contribution < -0.4 is 5.73 Å². The van der Waals surface area contributed by atoms with Gasteiger partial charge in [0.05, 0.1) is 6.10 Å². The fraction of sp³-hybridized carbons (Fsp3) is 0.364. The zero-order valence-corrected chi connectivity index (χ0v) is 9.19. The number of aliphatic hydroxyl groups is 3. The lowest BCUT2D eigenvalue weighted by Gasteiger charge is -2.17. The molecule has 0 saturated carbocycles. The van der Waals surface area contributed by atoms with E-state index in [9.17, 15) is 10.2 Å². The second kappa shape index (κ2) is 6.19. The lowest BCUT2D eigenvalue weighted by Crippen LogP contribution is -2.20. The number of amidine groups is 1. The van der Waals surface area contributed by atoms with Gasteiger partial charge in [0, 0.05) is 12.2 Å². The molecule has 0 heterocycles. The highest BCUT2D eigenvalue weighted by Crippen LogP contribution is 2.19. The van der Waals surface area contributed by atoms with Crippen LogP contribution in [0, 0.1) is 0 Å². The third-order valence-corrected chi connectivity index (χ3v) is 2.45. The van der Waals surface area contributed by atoms with Crippen molar-refractivity contribution in [2.45, 2.75) is 18.6 Å². The minimum absolute atomic E-state index is 0.0260. The van der Waals surface area contributed by atoms with Crippen molar-refractivity contribution in [1.82, 2.24) is 0 Å². The predicted octanol–water partition coefficient (Wildman–Crippen LogP) is -0.442. The highest BCUT2D eigenvalue weighted by Gasteiger charge is 2.17. The van der Waals surface area contributed by atoms with Crippen molar-refractivity contribution in [2.24, 2.45) is 10.9 Å². The Morgan fingerprint density at radius 3 is 2.29 bits per heavy atom. The maximum absolute atomic E-state index is 9.73. The van der Waals surface area contributed by atoms with Gasteiger partial charge in [-0.2, -0.15) is 0 Å². The van der Waals surface area contributed by atoms with Gasteiger partial charge in [0.25, 0.3) is 0 Å². The van der Waals surface area contributed by atoms with Gasteiger partial charge in [0.2, 0.25) is 0 Å². The number of rotatable bonds is 5. The maximum atomic E-state index is 9.73. The van der Waals surface area contributed by atoms with Crippen molar-refractivity contribution in [3.8, 4) is 0 Å². The second-order valence-corrected chi connectivity index (χ2v) is 3.63. The van der Waals surface area contributed by atoms with Gasteiger partial charge in [-0.3, -0.25) is 0 Å². The van der Waals surface area contributed by atoms with E-state index < -0.39 is 12.2 Å². The van der Waals surface area contributed by atoms with Gasteiger partial charge in [-0.25, -0.2) is 0 Å². The average Bonchev–Trinajstić information content (AvgIpc) is 2.37. The average molecular weight is 240 g/mol. The van der Waals surface area contributed by atoms with Crippen LogP contribution in [-0.4, -0.2) is 39.1 Å². The highest BCUT2D eigenvalue weighted by molar-refractivity contribution is 5.96. The molecule has 0 aliphatic heterocycles. The van der Waals surface area contributed by atoms with Crippen LogP contribution in [0.15, 0.2) is 29.4 Å².